The monoisotopic (exact) mass is 265 g/mol. The molecule has 1 N–H and O–H groups in total. The van der Waals surface area contributed by atoms with Crippen molar-refractivity contribution >= 4 is 5.91 Å². The number of hydrogen-bond donors (Lipinski definition) is 1. The van der Waals surface area contributed by atoms with Crippen LogP contribution < -0.4 is 5.32 Å². The smallest absolute Gasteiger partial charge is 0.234 e. The molecule has 2 rings (SSSR count). The van der Waals surface area contributed by atoms with Gasteiger partial charge in [0.2, 0.25) is 5.91 Å². The molecule has 1 fully saturated rings. The second kappa shape index (κ2) is 6.73. The van der Waals surface area contributed by atoms with Gasteiger partial charge in [0.1, 0.15) is 5.76 Å². The standard InChI is InChI=1S/C14H23N3O2/c1-12(2)17-7-5-16(6-8-17)11-14(18)15-10-13-4-3-9-19-13/h3-4,9,12H,5-8,10-11H2,1-2H3,(H,15,18). The minimum absolute atomic E-state index is 0.0643. The highest BCUT2D eigenvalue weighted by atomic mass is 16.3. The predicted octanol–water partition coefficient (Wildman–Crippen LogP) is 0.922. The van der Waals surface area contributed by atoms with Crippen LogP contribution in [0.15, 0.2) is 22.8 Å². The van der Waals surface area contributed by atoms with E-state index >= 15 is 0 Å². The normalized spacial score (nSPS) is 17.8. The van der Waals surface area contributed by atoms with Gasteiger partial charge in [-0.1, -0.05) is 0 Å². The molecule has 1 aliphatic rings. The number of piperazine rings is 1. The number of hydrogen-bond acceptors (Lipinski definition) is 4. The molecule has 0 unspecified atom stereocenters. The first-order valence-corrected chi connectivity index (χ1v) is 6.90. The summed E-state index contributed by atoms with van der Waals surface area (Å²) in [5.74, 6) is 0.854. The van der Waals surface area contributed by atoms with Gasteiger partial charge in [-0.2, -0.15) is 0 Å². The number of carbonyl (C=O) groups excluding carboxylic acids is 1. The summed E-state index contributed by atoms with van der Waals surface area (Å²) in [6.45, 7) is 9.40. The van der Waals surface area contributed by atoms with Crippen LogP contribution >= 0.6 is 0 Å². The maximum Gasteiger partial charge on any atom is 0.234 e. The van der Waals surface area contributed by atoms with Gasteiger partial charge in [0.15, 0.2) is 0 Å². The van der Waals surface area contributed by atoms with Crippen LogP contribution in [-0.2, 0) is 11.3 Å². The molecule has 1 amide bonds. The van der Waals surface area contributed by atoms with Gasteiger partial charge in [-0.25, -0.2) is 0 Å². The number of nitrogens with one attached hydrogen (secondary N) is 1. The Bertz CT molecular complexity index is 381. The van der Waals surface area contributed by atoms with Gasteiger partial charge in [-0.15, -0.1) is 0 Å². The van der Waals surface area contributed by atoms with Crippen molar-refractivity contribution in [2.45, 2.75) is 26.4 Å². The van der Waals surface area contributed by atoms with Crippen molar-refractivity contribution in [3.05, 3.63) is 24.2 Å². The van der Waals surface area contributed by atoms with E-state index in [0.29, 0.717) is 19.1 Å². The maximum absolute atomic E-state index is 11.8. The number of nitrogens with zero attached hydrogens (tertiary/aromatic N) is 2. The molecular weight excluding hydrogens is 242 g/mol. The summed E-state index contributed by atoms with van der Waals surface area (Å²) in [6, 6.07) is 4.28. The zero-order chi connectivity index (χ0) is 13.7. The van der Waals surface area contributed by atoms with E-state index < -0.39 is 0 Å². The molecule has 1 saturated heterocycles. The highest BCUT2D eigenvalue weighted by molar-refractivity contribution is 5.77. The molecule has 0 radical (unpaired) electrons. The fourth-order valence-electron chi connectivity index (χ4n) is 2.30. The van der Waals surface area contributed by atoms with E-state index in [1.165, 1.54) is 0 Å². The van der Waals surface area contributed by atoms with Crippen LogP contribution in [0.3, 0.4) is 0 Å². The third-order valence-corrected chi connectivity index (χ3v) is 3.54. The summed E-state index contributed by atoms with van der Waals surface area (Å²) in [5, 5.41) is 2.88. The molecule has 0 bridgehead atoms. The van der Waals surface area contributed by atoms with Crippen LogP contribution in [0.5, 0.6) is 0 Å². The molecule has 106 valence electrons. The lowest BCUT2D eigenvalue weighted by molar-refractivity contribution is -0.123. The summed E-state index contributed by atoms with van der Waals surface area (Å²) >= 11 is 0. The molecule has 2 heterocycles. The van der Waals surface area contributed by atoms with Crippen molar-refractivity contribution in [2.75, 3.05) is 32.7 Å². The van der Waals surface area contributed by atoms with Crippen LogP contribution in [0.1, 0.15) is 19.6 Å². The third-order valence-electron chi connectivity index (χ3n) is 3.54. The summed E-state index contributed by atoms with van der Waals surface area (Å²) in [5.41, 5.74) is 0. The van der Waals surface area contributed by atoms with E-state index in [1.54, 1.807) is 6.26 Å². The predicted molar refractivity (Wildman–Crippen MR) is 73.7 cm³/mol. The Balaban J connectivity index is 1.66. The number of furan rings is 1. The molecular formula is C14H23N3O2. The van der Waals surface area contributed by atoms with Crippen molar-refractivity contribution in [1.29, 1.82) is 0 Å². The van der Waals surface area contributed by atoms with Gasteiger partial charge in [0.25, 0.3) is 0 Å². The van der Waals surface area contributed by atoms with E-state index in [2.05, 4.69) is 29.0 Å². The molecule has 0 aliphatic carbocycles. The first kappa shape index (κ1) is 14.1. The average molecular weight is 265 g/mol. The van der Waals surface area contributed by atoms with E-state index in [1.807, 2.05) is 12.1 Å². The van der Waals surface area contributed by atoms with Crippen molar-refractivity contribution in [3.8, 4) is 0 Å². The Hall–Kier alpha value is -1.33. The van der Waals surface area contributed by atoms with E-state index in [0.717, 1.165) is 31.9 Å². The van der Waals surface area contributed by atoms with Crippen LogP contribution in [-0.4, -0.2) is 54.5 Å². The van der Waals surface area contributed by atoms with E-state index in [-0.39, 0.29) is 5.91 Å². The van der Waals surface area contributed by atoms with Gasteiger partial charge >= 0.3 is 0 Å². The molecule has 1 aromatic heterocycles. The largest absolute Gasteiger partial charge is 0.467 e. The van der Waals surface area contributed by atoms with E-state index in [4.69, 9.17) is 4.42 Å². The minimum Gasteiger partial charge on any atom is -0.467 e. The Labute approximate surface area is 114 Å². The summed E-state index contributed by atoms with van der Waals surface area (Å²) in [6.07, 6.45) is 1.62. The van der Waals surface area contributed by atoms with Crippen LogP contribution in [0, 0.1) is 0 Å². The van der Waals surface area contributed by atoms with Crippen molar-refractivity contribution in [3.63, 3.8) is 0 Å². The Morgan fingerprint density at radius 1 is 1.37 bits per heavy atom. The molecule has 19 heavy (non-hydrogen) atoms. The van der Waals surface area contributed by atoms with Gasteiger partial charge in [0, 0.05) is 32.2 Å². The highest BCUT2D eigenvalue weighted by Gasteiger charge is 2.20. The first-order chi connectivity index (χ1) is 9.15. The lowest BCUT2D eigenvalue weighted by Gasteiger charge is -2.36. The first-order valence-electron chi connectivity index (χ1n) is 6.90. The molecule has 5 heteroatoms. The zero-order valence-corrected chi connectivity index (χ0v) is 11.8. The summed E-state index contributed by atoms with van der Waals surface area (Å²) < 4.78 is 5.18. The SMILES string of the molecule is CC(C)N1CCN(CC(=O)NCc2ccco2)CC1. The second-order valence-electron chi connectivity index (χ2n) is 5.26. The van der Waals surface area contributed by atoms with E-state index in [9.17, 15) is 4.79 Å². The Morgan fingerprint density at radius 2 is 2.11 bits per heavy atom. The van der Waals surface area contributed by atoms with Gasteiger partial charge in [0.05, 0.1) is 19.4 Å². The fraction of sp³-hybridized carbons (Fsp3) is 0.643. The van der Waals surface area contributed by atoms with Crippen molar-refractivity contribution in [1.82, 2.24) is 15.1 Å². The Morgan fingerprint density at radius 3 is 2.68 bits per heavy atom. The number of rotatable bonds is 5. The van der Waals surface area contributed by atoms with Crippen LogP contribution in [0.4, 0.5) is 0 Å². The Kier molecular flexibility index (Phi) is 4.99. The fourth-order valence-corrected chi connectivity index (χ4v) is 2.30. The lowest BCUT2D eigenvalue weighted by Crippen LogP contribution is -2.51. The molecule has 0 spiro atoms. The molecule has 0 atom stereocenters. The van der Waals surface area contributed by atoms with Crippen molar-refractivity contribution in [2.24, 2.45) is 0 Å². The molecule has 0 aromatic carbocycles. The number of carbonyl (C=O) groups is 1. The third kappa shape index (κ3) is 4.36. The minimum atomic E-state index is 0.0643. The van der Waals surface area contributed by atoms with Gasteiger partial charge < -0.3 is 9.73 Å². The number of amides is 1. The highest BCUT2D eigenvalue weighted by Crippen LogP contribution is 2.05. The molecule has 1 aliphatic heterocycles. The van der Waals surface area contributed by atoms with Crippen LogP contribution in [0.25, 0.3) is 0 Å². The average Bonchev–Trinajstić information content (AvgIpc) is 2.90. The zero-order valence-electron chi connectivity index (χ0n) is 11.8. The lowest BCUT2D eigenvalue weighted by atomic mass is 10.2. The van der Waals surface area contributed by atoms with Crippen LogP contribution in [0.2, 0.25) is 0 Å². The van der Waals surface area contributed by atoms with Gasteiger partial charge in [-0.3, -0.25) is 14.6 Å². The summed E-state index contributed by atoms with van der Waals surface area (Å²) in [4.78, 5) is 16.5. The second-order valence-corrected chi connectivity index (χ2v) is 5.26. The van der Waals surface area contributed by atoms with Crippen molar-refractivity contribution < 1.29 is 9.21 Å². The maximum atomic E-state index is 11.8. The molecule has 5 nitrogen and oxygen atoms in total. The molecule has 1 aromatic rings. The summed E-state index contributed by atoms with van der Waals surface area (Å²) in [7, 11) is 0. The molecule has 0 saturated carbocycles. The van der Waals surface area contributed by atoms with Gasteiger partial charge in [-0.05, 0) is 26.0 Å². The quantitative estimate of drug-likeness (QED) is 0.860. The topological polar surface area (TPSA) is 48.7 Å².